The van der Waals surface area contributed by atoms with Crippen LogP contribution < -0.4 is 10.6 Å². The van der Waals surface area contributed by atoms with Crippen molar-refractivity contribution in [1.29, 1.82) is 0 Å². The maximum absolute atomic E-state index is 12.9. The molecule has 2 aromatic rings. The van der Waals surface area contributed by atoms with Gasteiger partial charge in [-0.2, -0.15) is 0 Å². The fourth-order valence-electron chi connectivity index (χ4n) is 3.75. The van der Waals surface area contributed by atoms with Gasteiger partial charge in [-0.05, 0) is 61.4 Å². The van der Waals surface area contributed by atoms with Gasteiger partial charge in [0.25, 0.3) is 0 Å². The Balaban J connectivity index is 1.35. The number of nitrogens with one attached hydrogen (secondary N) is 2. The lowest BCUT2D eigenvalue weighted by Crippen LogP contribution is -2.47. The van der Waals surface area contributed by atoms with E-state index in [0.29, 0.717) is 31.1 Å². The summed E-state index contributed by atoms with van der Waals surface area (Å²) in [4.78, 5) is 26.6. The van der Waals surface area contributed by atoms with E-state index in [1.54, 1.807) is 0 Å². The first kappa shape index (κ1) is 21.8. The average molecular weight is 412 g/mol. The van der Waals surface area contributed by atoms with Crippen molar-refractivity contribution in [2.45, 2.75) is 45.1 Å². The van der Waals surface area contributed by atoms with Gasteiger partial charge >= 0.3 is 6.03 Å². The number of benzene rings is 2. The van der Waals surface area contributed by atoms with Crippen molar-refractivity contribution in [1.82, 2.24) is 10.2 Å². The van der Waals surface area contributed by atoms with E-state index in [2.05, 4.69) is 29.7 Å². The van der Waals surface area contributed by atoms with Crippen molar-refractivity contribution in [3.05, 3.63) is 66.0 Å². The number of anilines is 1. The van der Waals surface area contributed by atoms with Gasteiger partial charge in [0.2, 0.25) is 5.91 Å². The zero-order chi connectivity index (χ0) is 21.3. The molecule has 1 saturated heterocycles. The number of carbonyl (C=O) groups is 2. The van der Waals surface area contributed by atoms with Crippen molar-refractivity contribution >= 4 is 17.6 Å². The number of halogens is 1. The number of carbonyl (C=O) groups excluding carboxylic acids is 2. The highest BCUT2D eigenvalue weighted by Gasteiger charge is 2.24. The van der Waals surface area contributed by atoms with E-state index in [1.165, 1.54) is 29.8 Å². The zero-order valence-electron chi connectivity index (χ0n) is 17.4. The summed E-state index contributed by atoms with van der Waals surface area (Å²) < 4.78 is 12.9. The molecule has 3 amide bonds. The Morgan fingerprint density at radius 3 is 2.40 bits per heavy atom. The van der Waals surface area contributed by atoms with Crippen LogP contribution in [0.5, 0.6) is 0 Å². The average Bonchev–Trinajstić information content (AvgIpc) is 2.75. The van der Waals surface area contributed by atoms with Crippen molar-refractivity contribution in [2.75, 3.05) is 18.4 Å². The van der Waals surface area contributed by atoms with E-state index in [9.17, 15) is 14.0 Å². The summed E-state index contributed by atoms with van der Waals surface area (Å²) in [6, 6.07) is 15.7. The van der Waals surface area contributed by atoms with Crippen LogP contribution >= 0.6 is 0 Å². The van der Waals surface area contributed by atoms with Crippen LogP contribution in [0.1, 0.15) is 38.2 Å². The van der Waals surface area contributed by atoms with E-state index in [-0.39, 0.29) is 23.8 Å². The molecule has 5 nitrogen and oxygen atoms in total. The van der Waals surface area contributed by atoms with Crippen molar-refractivity contribution in [2.24, 2.45) is 5.92 Å². The van der Waals surface area contributed by atoms with Crippen LogP contribution in [-0.2, 0) is 11.2 Å². The van der Waals surface area contributed by atoms with Crippen LogP contribution in [0.2, 0.25) is 0 Å². The molecule has 1 atom stereocenters. The lowest BCUT2D eigenvalue weighted by Gasteiger charge is -2.33. The van der Waals surface area contributed by atoms with Crippen LogP contribution in [0, 0.1) is 11.7 Å². The number of amides is 3. The predicted octanol–water partition coefficient (Wildman–Crippen LogP) is 4.60. The van der Waals surface area contributed by atoms with Crippen molar-refractivity contribution < 1.29 is 14.0 Å². The Hall–Kier alpha value is -2.89. The SMILES string of the molecule is CC(CCc1ccccc1)CC(=O)N1CCC(NC(=O)Nc2ccc(F)cc2)CC1. The van der Waals surface area contributed by atoms with Gasteiger partial charge in [0.1, 0.15) is 5.82 Å². The third-order valence-corrected chi connectivity index (χ3v) is 5.58. The minimum absolute atomic E-state index is 0.0324. The maximum Gasteiger partial charge on any atom is 0.319 e. The molecule has 0 bridgehead atoms. The highest BCUT2D eigenvalue weighted by atomic mass is 19.1. The van der Waals surface area contributed by atoms with Gasteiger partial charge in [0.15, 0.2) is 0 Å². The quantitative estimate of drug-likeness (QED) is 0.700. The molecular formula is C24H30FN3O2. The van der Waals surface area contributed by atoms with E-state index in [0.717, 1.165) is 25.7 Å². The molecule has 0 spiro atoms. The highest BCUT2D eigenvalue weighted by molar-refractivity contribution is 5.89. The van der Waals surface area contributed by atoms with E-state index in [1.807, 2.05) is 23.1 Å². The molecule has 1 unspecified atom stereocenters. The first-order valence-corrected chi connectivity index (χ1v) is 10.6. The number of piperidine rings is 1. The van der Waals surface area contributed by atoms with Gasteiger partial charge in [-0.3, -0.25) is 4.79 Å². The van der Waals surface area contributed by atoms with E-state index in [4.69, 9.17) is 0 Å². The predicted molar refractivity (Wildman–Crippen MR) is 117 cm³/mol. The number of rotatable bonds is 7. The minimum atomic E-state index is -0.340. The number of nitrogens with zero attached hydrogens (tertiary/aromatic N) is 1. The Morgan fingerprint density at radius 1 is 1.07 bits per heavy atom. The second-order valence-electron chi connectivity index (χ2n) is 8.09. The molecule has 3 rings (SSSR count). The molecule has 2 aromatic carbocycles. The molecule has 1 fully saturated rings. The molecule has 30 heavy (non-hydrogen) atoms. The van der Waals surface area contributed by atoms with E-state index < -0.39 is 0 Å². The van der Waals surface area contributed by atoms with Crippen molar-refractivity contribution in [3.8, 4) is 0 Å². The van der Waals surface area contributed by atoms with Gasteiger partial charge in [-0.25, -0.2) is 9.18 Å². The van der Waals surface area contributed by atoms with Gasteiger partial charge in [-0.15, -0.1) is 0 Å². The minimum Gasteiger partial charge on any atom is -0.343 e. The number of likely N-dealkylation sites (tertiary alicyclic amines) is 1. The molecule has 2 N–H and O–H groups in total. The monoisotopic (exact) mass is 411 g/mol. The zero-order valence-corrected chi connectivity index (χ0v) is 17.4. The highest BCUT2D eigenvalue weighted by Crippen LogP contribution is 2.17. The molecule has 6 heteroatoms. The summed E-state index contributed by atoms with van der Waals surface area (Å²) in [7, 11) is 0. The van der Waals surface area contributed by atoms with Crippen LogP contribution in [0.3, 0.4) is 0 Å². The van der Waals surface area contributed by atoms with E-state index >= 15 is 0 Å². The topological polar surface area (TPSA) is 61.4 Å². The molecule has 1 aliphatic rings. The number of aryl methyl sites for hydroxylation is 1. The first-order valence-electron chi connectivity index (χ1n) is 10.6. The Labute approximate surface area is 177 Å². The molecule has 0 aliphatic carbocycles. The van der Waals surface area contributed by atoms with Gasteiger partial charge in [-0.1, -0.05) is 37.3 Å². The maximum atomic E-state index is 12.9. The lowest BCUT2D eigenvalue weighted by molar-refractivity contribution is -0.133. The Bertz CT molecular complexity index is 818. The normalized spacial score (nSPS) is 15.5. The lowest BCUT2D eigenvalue weighted by atomic mass is 9.97. The largest absolute Gasteiger partial charge is 0.343 e. The van der Waals surface area contributed by atoms with Crippen LogP contribution in [0.4, 0.5) is 14.9 Å². The molecule has 0 radical (unpaired) electrons. The van der Waals surface area contributed by atoms with Gasteiger partial charge in [0, 0.05) is 31.2 Å². The number of hydrogen-bond donors (Lipinski definition) is 2. The summed E-state index contributed by atoms with van der Waals surface area (Å²) in [5.74, 6) is 0.201. The third kappa shape index (κ3) is 6.87. The molecule has 0 saturated carbocycles. The van der Waals surface area contributed by atoms with Crippen LogP contribution in [-0.4, -0.2) is 36.0 Å². The smallest absolute Gasteiger partial charge is 0.319 e. The van der Waals surface area contributed by atoms with Gasteiger partial charge in [0.05, 0.1) is 0 Å². The summed E-state index contributed by atoms with van der Waals surface area (Å²) in [6.07, 6.45) is 4.03. The fourth-order valence-corrected chi connectivity index (χ4v) is 3.75. The van der Waals surface area contributed by atoms with Gasteiger partial charge < -0.3 is 15.5 Å². The number of urea groups is 1. The summed E-state index contributed by atoms with van der Waals surface area (Å²) in [5, 5.41) is 5.65. The molecular weight excluding hydrogens is 381 g/mol. The summed E-state index contributed by atoms with van der Waals surface area (Å²) >= 11 is 0. The summed E-state index contributed by atoms with van der Waals surface area (Å²) in [5.41, 5.74) is 1.86. The standard InChI is InChI=1S/C24H30FN3O2/c1-18(7-8-19-5-3-2-4-6-19)17-23(29)28-15-13-22(14-16-28)27-24(30)26-21-11-9-20(25)10-12-21/h2-6,9-12,18,22H,7-8,13-17H2,1H3,(H2,26,27,30). The summed E-state index contributed by atoms with van der Waals surface area (Å²) in [6.45, 7) is 3.45. The fraction of sp³-hybridized carbons (Fsp3) is 0.417. The number of hydrogen-bond acceptors (Lipinski definition) is 2. The molecule has 1 heterocycles. The van der Waals surface area contributed by atoms with Crippen molar-refractivity contribution in [3.63, 3.8) is 0 Å². The molecule has 0 aromatic heterocycles. The molecule has 1 aliphatic heterocycles. The first-order chi connectivity index (χ1) is 14.5. The Morgan fingerprint density at radius 2 is 1.73 bits per heavy atom. The van der Waals surface area contributed by atoms with Crippen LogP contribution in [0.15, 0.2) is 54.6 Å². The second-order valence-corrected chi connectivity index (χ2v) is 8.09. The second kappa shape index (κ2) is 10.8. The van der Waals surface area contributed by atoms with Crippen LogP contribution in [0.25, 0.3) is 0 Å². The molecule has 160 valence electrons. The third-order valence-electron chi connectivity index (χ3n) is 5.58. The Kier molecular flexibility index (Phi) is 7.82.